The van der Waals surface area contributed by atoms with Crippen molar-refractivity contribution in [3.8, 4) is 17.1 Å². The summed E-state index contributed by atoms with van der Waals surface area (Å²) in [4.78, 5) is 12.5. The van der Waals surface area contributed by atoms with E-state index in [0.29, 0.717) is 29.4 Å². The van der Waals surface area contributed by atoms with E-state index in [2.05, 4.69) is 17.6 Å². The Bertz CT molecular complexity index is 1060. The second-order valence-corrected chi connectivity index (χ2v) is 7.50. The first-order valence-electron chi connectivity index (χ1n) is 10.2. The van der Waals surface area contributed by atoms with E-state index in [0.717, 1.165) is 29.7 Å². The highest BCUT2D eigenvalue weighted by molar-refractivity contribution is 7.80. The van der Waals surface area contributed by atoms with Gasteiger partial charge in [-0.15, -0.1) is 0 Å². The van der Waals surface area contributed by atoms with E-state index in [4.69, 9.17) is 26.5 Å². The predicted octanol–water partition coefficient (Wildman–Crippen LogP) is 5.05. The first kappa shape index (κ1) is 22.5. The number of unbranched alkanes of at least 4 members (excludes halogenated alkanes) is 1. The van der Waals surface area contributed by atoms with Crippen LogP contribution in [0.5, 0.6) is 5.75 Å². The van der Waals surface area contributed by atoms with Crippen LogP contribution in [0.2, 0.25) is 0 Å². The standard InChI is InChI=1S/C24H26N2O4S/c1-3-4-12-29-19-7-5-6-17(14-19)23(28)26-24(31)25-18-8-10-21(16(2)13-18)22-11-9-20(15-27)30-22/h5-11,13-14,27H,3-4,12,15H2,1-2H3,(H2,25,26,28,31). The van der Waals surface area contributed by atoms with Crippen molar-refractivity contribution in [1.82, 2.24) is 5.32 Å². The Morgan fingerprint density at radius 2 is 2.00 bits per heavy atom. The van der Waals surface area contributed by atoms with Gasteiger partial charge in [0.15, 0.2) is 5.11 Å². The molecular formula is C24H26N2O4S. The van der Waals surface area contributed by atoms with Crippen molar-refractivity contribution in [2.24, 2.45) is 0 Å². The number of nitrogens with one attached hydrogen (secondary N) is 2. The molecule has 6 nitrogen and oxygen atoms in total. The minimum absolute atomic E-state index is 0.138. The number of aliphatic hydroxyl groups excluding tert-OH is 1. The highest BCUT2D eigenvalue weighted by Crippen LogP contribution is 2.27. The number of thiocarbonyl (C=S) groups is 1. The number of benzene rings is 2. The van der Waals surface area contributed by atoms with Gasteiger partial charge in [0.25, 0.3) is 5.91 Å². The minimum atomic E-state index is -0.307. The number of furan rings is 1. The molecule has 1 heterocycles. The van der Waals surface area contributed by atoms with E-state index in [-0.39, 0.29) is 17.6 Å². The van der Waals surface area contributed by atoms with Gasteiger partial charge in [-0.25, -0.2) is 0 Å². The molecule has 0 bridgehead atoms. The summed E-state index contributed by atoms with van der Waals surface area (Å²) in [7, 11) is 0. The number of ether oxygens (including phenoxy) is 1. The van der Waals surface area contributed by atoms with E-state index in [1.54, 1.807) is 24.3 Å². The van der Waals surface area contributed by atoms with Gasteiger partial charge in [0, 0.05) is 16.8 Å². The van der Waals surface area contributed by atoms with Crippen LogP contribution in [-0.2, 0) is 6.61 Å². The molecule has 0 unspecified atom stereocenters. The zero-order valence-corrected chi connectivity index (χ0v) is 18.4. The summed E-state index contributed by atoms with van der Waals surface area (Å²) < 4.78 is 11.3. The van der Waals surface area contributed by atoms with Crippen LogP contribution in [-0.4, -0.2) is 22.7 Å². The number of carbonyl (C=O) groups excluding carboxylic acids is 1. The predicted molar refractivity (Wildman–Crippen MR) is 125 cm³/mol. The number of amides is 1. The molecule has 0 spiro atoms. The summed E-state index contributed by atoms with van der Waals surface area (Å²) in [6, 6.07) is 16.3. The normalized spacial score (nSPS) is 10.5. The molecule has 31 heavy (non-hydrogen) atoms. The molecule has 0 saturated carbocycles. The van der Waals surface area contributed by atoms with Gasteiger partial charge < -0.3 is 19.6 Å². The highest BCUT2D eigenvalue weighted by atomic mass is 32.1. The molecule has 3 rings (SSSR count). The molecule has 0 fully saturated rings. The molecule has 1 amide bonds. The van der Waals surface area contributed by atoms with Crippen molar-refractivity contribution < 1.29 is 19.1 Å². The van der Waals surface area contributed by atoms with Crippen molar-refractivity contribution >= 4 is 28.9 Å². The number of aliphatic hydroxyl groups is 1. The van der Waals surface area contributed by atoms with E-state index in [9.17, 15) is 4.79 Å². The van der Waals surface area contributed by atoms with Crippen LogP contribution >= 0.6 is 12.2 Å². The molecule has 3 N–H and O–H groups in total. The minimum Gasteiger partial charge on any atom is -0.494 e. The Hall–Kier alpha value is -3.16. The fourth-order valence-electron chi connectivity index (χ4n) is 3.02. The van der Waals surface area contributed by atoms with Gasteiger partial charge in [0.05, 0.1) is 6.61 Å². The van der Waals surface area contributed by atoms with Crippen LogP contribution in [0.25, 0.3) is 11.3 Å². The third-order valence-electron chi connectivity index (χ3n) is 4.66. The lowest BCUT2D eigenvalue weighted by Gasteiger charge is -2.12. The monoisotopic (exact) mass is 438 g/mol. The molecule has 7 heteroatoms. The summed E-state index contributed by atoms with van der Waals surface area (Å²) in [6.45, 7) is 4.53. The quantitative estimate of drug-likeness (QED) is 0.337. The largest absolute Gasteiger partial charge is 0.494 e. The summed E-state index contributed by atoms with van der Waals surface area (Å²) in [5.41, 5.74) is 3.11. The Morgan fingerprint density at radius 3 is 2.71 bits per heavy atom. The molecule has 162 valence electrons. The molecule has 0 radical (unpaired) electrons. The number of hydrogen-bond acceptors (Lipinski definition) is 5. The molecule has 0 saturated heterocycles. The van der Waals surface area contributed by atoms with E-state index < -0.39 is 0 Å². The van der Waals surface area contributed by atoms with Crippen LogP contribution in [0.4, 0.5) is 5.69 Å². The third kappa shape index (κ3) is 6.16. The second kappa shape index (κ2) is 10.7. The van der Waals surface area contributed by atoms with Gasteiger partial charge >= 0.3 is 0 Å². The molecule has 3 aromatic rings. The first-order chi connectivity index (χ1) is 15.0. The fourth-order valence-corrected chi connectivity index (χ4v) is 3.24. The first-order valence-corrected chi connectivity index (χ1v) is 10.6. The lowest BCUT2D eigenvalue weighted by molar-refractivity contribution is 0.0977. The highest BCUT2D eigenvalue weighted by Gasteiger charge is 2.11. The number of aryl methyl sites for hydroxylation is 1. The maximum absolute atomic E-state index is 12.5. The molecule has 0 aliphatic rings. The Labute approximate surface area is 187 Å². The number of hydrogen-bond donors (Lipinski definition) is 3. The van der Waals surface area contributed by atoms with Crippen LogP contribution in [0.1, 0.15) is 41.4 Å². The van der Waals surface area contributed by atoms with Crippen molar-refractivity contribution in [3.05, 3.63) is 71.5 Å². The van der Waals surface area contributed by atoms with Gasteiger partial charge in [-0.2, -0.15) is 0 Å². The SMILES string of the molecule is CCCCOc1cccc(C(=O)NC(=S)Nc2ccc(-c3ccc(CO)o3)c(C)c2)c1. The molecule has 2 aromatic carbocycles. The van der Waals surface area contributed by atoms with Gasteiger partial charge in [-0.05, 0) is 79.7 Å². The Balaban J connectivity index is 1.61. The van der Waals surface area contributed by atoms with E-state index >= 15 is 0 Å². The molecule has 0 aliphatic heterocycles. The van der Waals surface area contributed by atoms with Gasteiger partial charge in [0.1, 0.15) is 23.9 Å². The van der Waals surface area contributed by atoms with Gasteiger partial charge in [-0.1, -0.05) is 19.4 Å². The zero-order valence-electron chi connectivity index (χ0n) is 17.6. The number of carbonyl (C=O) groups is 1. The summed E-state index contributed by atoms with van der Waals surface area (Å²) in [5, 5.41) is 15.1. The van der Waals surface area contributed by atoms with Crippen LogP contribution < -0.4 is 15.4 Å². The molecular weight excluding hydrogens is 412 g/mol. The van der Waals surface area contributed by atoms with Crippen molar-refractivity contribution in [2.45, 2.75) is 33.3 Å². The van der Waals surface area contributed by atoms with Crippen molar-refractivity contribution in [2.75, 3.05) is 11.9 Å². The molecule has 1 aromatic heterocycles. The smallest absolute Gasteiger partial charge is 0.257 e. The average molecular weight is 439 g/mol. The average Bonchev–Trinajstić information content (AvgIpc) is 3.23. The summed E-state index contributed by atoms with van der Waals surface area (Å²) >= 11 is 5.30. The Morgan fingerprint density at radius 1 is 1.16 bits per heavy atom. The summed E-state index contributed by atoms with van der Waals surface area (Å²) in [6.07, 6.45) is 2.01. The van der Waals surface area contributed by atoms with E-state index in [1.807, 2.05) is 37.3 Å². The van der Waals surface area contributed by atoms with Crippen molar-refractivity contribution in [3.63, 3.8) is 0 Å². The van der Waals surface area contributed by atoms with Crippen LogP contribution in [0.15, 0.2) is 59.0 Å². The topological polar surface area (TPSA) is 83.7 Å². The number of anilines is 1. The lowest BCUT2D eigenvalue weighted by Crippen LogP contribution is -2.34. The Kier molecular flexibility index (Phi) is 7.81. The summed E-state index contributed by atoms with van der Waals surface area (Å²) in [5.74, 6) is 1.55. The van der Waals surface area contributed by atoms with Crippen molar-refractivity contribution in [1.29, 1.82) is 0 Å². The van der Waals surface area contributed by atoms with Crippen LogP contribution in [0, 0.1) is 6.92 Å². The van der Waals surface area contributed by atoms with E-state index in [1.165, 1.54) is 0 Å². The zero-order chi connectivity index (χ0) is 22.2. The van der Waals surface area contributed by atoms with Crippen LogP contribution in [0.3, 0.4) is 0 Å². The number of rotatable bonds is 8. The fraction of sp³-hybridized carbons (Fsp3) is 0.250. The molecule has 0 aliphatic carbocycles. The molecule has 0 atom stereocenters. The maximum Gasteiger partial charge on any atom is 0.257 e. The second-order valence-electron chi connectivity index (χ2n) is 7.09. The third-order valence-corrected chi connectivity index (χ3v) is 4.86. The lowest BCUT2D eigenvalue weighted by atomic mass is 10.1. The van der Waals surface area contributed by atoms with Gasteiger partial charge in [0.2, 0.25) is 0 Å². The van der Waals surface area contributed by atoms with Gasteiger partial charge in [-0.3, -0.25) is 10.1 Å². The maximum atomic E-state index is 12.5.